The lowest BCUT2D eigenvalue weighted by molar-refractivity contribution is -0.134. The molecule has 0 bridgehead atoms. The van der Waals surface area contributed by atoms with Crippen LogP contribution in [0.25, 0.3) is 0 Å². The maximum atomic E-state index is 12.6. The molecule has 1 aromatic rings. The number of nitrogens with one attached hydrogen (secondary N) is 1. The smallest absolute Gasteiger partial charge is 0.243 e. The normalized spacial score (nSPS) is 15.7. The van der Waals surface area contributed by atoms with Crippen molar-refractivity contribution in [3.05, 3.63) is 30.3 Å². The molecule has 0 atom stereocenters. The van der Waals surface area contributed by atoms with Crippen molar-refractivity contribution < 1.29 is 18.0 Å². The molecule has 150 valence electrons. The van der Waals surface area contributed by atoms with Crippen molar-refractivity contribution in [1.29, 1.82) is 0 Å². The fourth-order valence-corrected chi connectivity index (χ4v) is 4.53. The van der Waals surface area contributed by atoms with Gasteiger partial charge in [-0.15, -0.1) is 0 Å². The quantitative estimate of drug-likeness (QED) is 0.724. The number of rotatable bonds is 8. The average molecular weight is 396 g/mol. The highest BCUT2D eigenvalue weighted by molar-refractivity contribution is 7.89. The molecule has 2 amide bonds. The summed E-state index contributed by atoms with van der Waals surface area (Å²) >= 11 is 0. The van der Waals surface area contributed by atoms with Crippen LogP contribution >= 0.6 is 0 Å². The zero-order chi connectivity index (χ0) is 19.9. The van der Waals surface area contributed by atoms with Crippen molar-refractivity contribution in [2.75, 3.05) is 26.2 Å². The van der Waals surface area contributed by atoms with Gasteiger partial charge in [0.05, 0.1) is 4.90 Å². The summed E-state index contributed by atoms with van der Waals surface area (Å²) in [5.74, 6) is -0.214. The molecule has 1 fully saturated rings. The van der Waals surface area contributed by atoms with E-state index in [-0.39, 0.29) is 48.7 Å². The van der Waals surface area contributed by atoms with Crippen LogP contribution in [-0.4, -0.2) is 61.7 Å². The average Bonchev–Trinajstić information content (AvgIpc) is 2.71. The van der Waals surface area contributed by atoms with Gasteiger partial charge in [-0.3, -0.25) is 9.59 Å². The number of amides is 2. The highest BCUT2D eigenvalue weighted by atomic mass is 32.2. The molecule has 0 radical (unpaired) electrons. The van der Waals surface area contributed by atoms with E-state index in [2.05, 4.69) is 5.32 Å². The minimum Gasteiger partial charge on any atom is -0.353 e. The van der Waals surface area contributed by atoms with E-state index in [4.69, 9.17) is 0 Å². The SMILES string of the molecule is CCC(CC)NC(=O)CCC(=O)N1CCN(S(=O)(=O)c2ccccc2)CC1. The first-order chi connectivity index (χ1) is 12.9. The van der Waals surface area contributed by atoms with Gasteiger partial charge in [-0.25, -0.2) is 8.42 Å². The topological polar surface area (TPSA) is 86.8 Å². The molecule has 1 N–H and O–H groups in total. The Balaban J connectivity index is 1.81. The molecule has 0 saturated carbocycles. The predicted molar refractivity (Wildman–Crippen MR) is 104 cm³/mol. The molecule has 0 aliphatic carbocycles. The largest absolute Gasteiger partial charge is 0.353 e. The van der Waals surface area contributed by atoms with Gasteiger partial charge in [-0.1, -0.05) is 32.0 Å². The monoisotopic (exact) mass is 395 g/mol. The van der Waals surface area contributed by atoms with E-state index in [1.807, 2.05) is 13.8 Å². The maximum absolute atomic E-state index is 12.6. The van der Waals surface area contributed by atoms with Crippen molar-refractivity contribution in [1.82, 2.24) is 14.5 Å². The summed E-state index contributed by atoms with van der Waals surface area (Å²) < 4.78 is 26.6. The number of carbonyl (C=O) groups excluding carboxylic acids is 2. The van der Waals surface area contributed by atoms with E-state index in [9.17, 15) is 18.0 Å². The van der Waals surface area contributed by atoms with Gasteiger partial charge in [0.2, 0.25) is 21.8 Å². The van der Waals surface area contributed by atoms with Crippen LogP contribution in [0.4, 0.5) is 0 Å². The van der Waals surface area contributed by atoms with Gasteiger partial charge in [0.25, 0.3) is 0 Å². The zero-order valence-corrected chi connectivity index (χ0v) is 16.9. The van der Waals surface area contributed by atoms with E-state index in [0.29, 0.717) is 13.1 Å². The number of hydrogen-bond donors (Lipinski definition) is 1. The molecule has 0 unspecified atom stereocenters. The lowest BCUT2D eigenvalue weighted by Gasteiger charge is -2.34. The number of piperazine rings is 1. The molecule has 1 aromatic carbocycles. The minimum absolute atomic E-state index is 0.105. The van der Waals surface area contributed by atoms with Crippen molar-refractivity contribution >= 4 is 21.8 Å². The molecule has 0 spiro atoms. The van der Waals surface area contributed by atoms with Gasteiger partial charge < -0.3 is 10.2 Å². The van der Waals surface area contributed by atoms with Crippen LogP contribution in [0, 0.1) is 0 Å². The van der Waals surface area contributed by atoms with Crippen LogP contribution in [0.3, 0.4) is 0 Å². The molecule has 1 aliphatic heterocycles. The van der Waals surface area contributed by atoms with Crippen molar-refractivity contribution in [3.63, 3.8) is 0 Å². The first-order valence-corrected chi connectivity index (χ1v) is 10.9. The summed E-state index contributed by atoms with van der Waals surface area (Å²) in [6.07, 6.45) is 2.05. The second-order valence-electron chi connectivity index (χ2n) is 6.68. The Morgan fingerprint density at radius 1 is 1.00 bits per heavy atom. The molecule has 1 saturated heterocycles. The summed E-state index contributed by atoms with van der Waals surface area (Å²) in [6.45, 7) is 5.26. The standard InChI is InChI=1S/C19H29N3O4S/c1-3-16(4-2)20-18(23)10-11-19(24)21-12-14-22(15-13-21)27(25,26)17-8-6-5-7-9-17/h5-9,16H,3-4,10-15H2,1-2H3,(H,20,23). The van der Waals surface area contributed by atoms with E-state index >= 15 is 0 Å². The third-order valence-electron chi connectivity index (χ3n) is 4.89. The summed E-state index contributed by atoms with van der Waals surface area (Å²) in [5, 5.41) is 2.92. The van der Waals surface area contributed by atoms with Gasteiger partial charge in [-0.2, -0.15) is 4.31 Å². The van der Waals surface area contributed by atoms with Gasteiger partial charge >= 0.3 is 0 Å². The van der Waals surface area contributed by atoms with Gasteiger partial charge in [0.15, 0.2) is 0 Å². The molecule has 7 nitrogen and oxygen atoms in total. The third-order valence-corrected chi connectivity index (χ3v) is 6.80. The summed E-state index contributed by atoms with van der Waals surface area (Å²) in [5.41, 5.74) is 0. The summed E-state index contributed by atoms with van der Waals surface area (Å²) in [4.78, 5) is 26.2. The maximum Gasteiger partial charge on any atom is 0.243 e. The first-order valence-electron chi connectivity index (χ1n) is 9.50. The molecule has 1 aliphatic rings. The summed E-state index contributed by atoms with van der Waals surface area (Å²) in [6, 6.07) is 8.46. The Bertz CT molecular complexity index is 725. The van der Waals surface area contributed by atoms with Crippen LogP contribution < -0.4 is 5.32 Å². The van der Waals surface area contributed by atoms with E-state index < -0.39 is 10.0 Å². The number of hydrogen-bond acceptors (Lipinski definition) is 4. The lowest BCUT2D eigenvalue weighted by Crippen LogP contribution is -2.50. The second kappa shape index (κ2) is 9.85. The van der Waals surface area contributed by atoms with E-state index in [0.717, 1.165) is 12.8 Å². The van der Waals surface area contributed by atoms with Crippen LogP contribution in [0.5, 0.6) is 0 Å². The van der Waals surface area contributed by atoms with E-state index in [1.165, 1.54) is 4.31 Å². The van der Waals surface area contributed by atoms with Crippen molar-refractivity contribution in [2.45, 2.75) is 50.5 Å². The second-order valence-corrected chi connectivity index (χ2v) is 8.62. The van der Waals surface area contributed by atoms with Crippen molar-refractivity contribution in [2.24, 2.45) is 0 Å². The van der Waals surface area contributed by atoms with Crippen LogP contribution in [0.1, 0.15) is 39.5 Å². The molecule has 8 heteroatoms. The highest BCUT2D eigenvalue weighted by Gasteiger charge is 2.29. The summed E-state index contributed by atoms with van der Waals surface area (Å²) in [7, 11) is -3.52. The Labute approximate surface area is 161 Å². The fraction of sp³-hybridized carbons (Fsp3) is 0.579. The van der Waals surface area contributed by atoms with Gasteiger partial charge in [0, 0.05) is 45.1 Å². The predicted octanol–water partition coefficient (Wildman–Crippen LogP) is 1.60. The number of benzene rings is 1. The third kappa shape index (κ3) is 5.77. The Hall–Kier alpha value is -1.93. The van der Waals surface area contributed by atoms with Gasteiger partial charge in [-0.05, 0) is 25.0 Å². The highest BCUT2D eigenvalue weighted by Crippen LogP contribution is 2.17. The number of carbonyl (C=O) groups is 2. The number of sulfonamides is 1. The molecule has 0 aromatic heterocycles. The minimum atomic E-state index is -3.52. The lowest BCUT2D eigenvalue weighted by atomic mass is 10.1. The molecule has 1 heterocycles. The Morgan fingerprint density at radius 3 is 2.15 bits per heavy atom. The van der Waals surface area contributed by atoms with Gasteiger partial charge in [0.1, 0.15) is 0 Å². The van der Waals surface area contributed by atoms with Crippen LogP contribution in [-0.2, 0) is 19.6 Å². The molecule has 27 heavy (non-hydrogen) atoms. The number of nitrogens with zero attached hydrogens (tertiary/aromatic N) is 2. The zero-order valence-electron chi connectivity index (χ0n) is 16.1. The fourth-order valence-electron chi connectivity index (χ4n) is 3.09. The molecular formula is C19H29N3O4S. The van der Waals surface area contributed by atoms with Crippen LogP contribution in [0.2, 0.25) is 0 Å². The van der Waals surface area contributed by atoms with E-state index in [1.54, 1.807) is 35.2 Å². The molecular weight excluding hydrogens is 366 g/mol. The Morgan fingerprint density at radius 2 is 1.59 bits per heavy atom. The molecule has 2 rings (SSSR count). The Kier molecular flexibility index (Phi) is 7.79. The van der Waals surface area contributed by atoms with Crippen LogP contribution in [0.15, 0.2) is 35.2 Å². The van der Waals surface area contributed by atoms with Crippen molar-refractivity contribution in [3.8, 4) is 0 Å². The first kappa shape index (κ1) is 21.4.